The number of amides is 2. The van der Waals surface area contributed by atoms with Gasteiger partial charge in [-0.3, -0.25) is 14.5 Å². The highest BCUT2D eigenvalue weighted by Crippen LogP contribution is 2.24. The van der Waals surface area contributed by atoms with Crippen molar-refractivity contribution in [1.82, 2.24) is 9.88 Å². The summed E-state index contributed by atoms with van der Waals surface area (Å²) < 4.78 is 19.2. The van der Waals surface area contributed by atoms with E-state index in [-0.39, 0.29) is 37.5 Å². The van der Waals surface area contributed by atoms with Crippen LogP contribution in [0.1, 0.15) is 31.5 Å². The molecule has 2 heterocycles. The second kappa shape index (κ2) is 9.97. The lowest BCUT2D eigenvalue weighted by molar-refractivity contribution is -0.154. The van der Waals surface area contributed by atoms with E-state index in [1.807, 2.05) is 6.92 Å². The Bertz CT molecular complexity index is 966. The van der Waals surface area contributed by atoms with Crippen LogP contribution in [0.2, 0.25) is 0 Å². The molecule has 1 aliphatic rings. The Hall–Kier alpha value is -2.85. The molecular formula is C21H24FN3O5S. The number of esters is 1. The number of halogens is 1. The van der Waals surface area contributed by atoms with Crippen LogP contribution >= 0.6 is 11.3 Å². The van der Waals surface area contributed by atoms with Crippen molar-refractivity contribution in [2.24, 2.45) is 0 Å². The molecule has 3 rings (SSSR count). The van der Waals surface area contributed by atoms with Crippen molar-refractivity contribution in [3.8, 4) is 0 Å². The van der Waals surface area contributed by atoms with Crippen LogP contribution in [-0.4, -0.2) is 58.0 Å². The molecule has 8 nitrogen and oxygen atoms in total. The quantitative estimate of drug-likeness (QED) is 0.648. The molecule has 1 N–H and O–H groups in total. The summed E-state index contributed by atoms with van der Waals surface area (Å²) in [6.07, 6.45) is -1.02. The van der Waals surface area contributed by atoms with Crippen LogP contribution in [0.3, 0.4) is 0 Å². The standard InChI is InChI=1S/C21H24FN3O5S/c1-3-24(13(2)26)21-23-15(12-31-21)11-30-20(29)18-9-16(27)10-25(18)19(28)8-14-6-4-5-7-17(14)22/h4-7,12,16,18,27H,3,8-11H2,1-2H3. The van der Waals surface area contributed by atoms with Crippen LogP contribution < -0.4 is 4.90 Å². The number of hydrogen-bond donors (Lipinski definition) is 1. The Kier molecular flexibility index (Phi) is 7.34. The molecule has 10 heteroatoms. The molecule has 166 valence electrons. The molecule has 1 aromatic heterocycles. The summed E-state index contributed by atoms with van der Waals surface area (Å²) in [6.45, 7) is 3.62. The minimum Gasteiger partial charge on any atom is -0.458 e. The Morgan fingerprint density at radius 1 is 1.35 bits per heavy atom. The second-order valence-electron chi connectivity index (χ2n) is 7.21. The molecule has 1 aromatic carbocycles. The van der Waals surface area contributed by atoms with Gasteiger partial charge in [0.05, 0.1) is 18.2 Å². The number of hydrogen-bond acceptors (Lipinski definition) is 7. The number of anilines is 1. The van der Waals surface area contributed by atoms with Gasteiger partial charge in [-0.1, -0.05) is 18.2 Å². The number of likely N-dealkylation sites (tertiary alicyclic amines) is 1. The average Bonchev–Trinajstić information content (AvgIpc) is 3.35. The summed E-state index contributed by atoms with van der Waals surface area (Å²) >= 11 is 1.27. The highest BCUT2D eigenvalue weighted by Gasteiger charge is 2.40. The number of β-amino-alcohol motifs (C(OH)–C–C–N with tert-alkyl or cyclic N) is 1. The van der Waals surface area contributed by atoms with Gasteiger partial charge in [0, 0.05) is 31.8 Å². The van der Waals surface area contributed by atoms with Crippen LogP contribution in [0.25, 0.3) is 0 Å². The normalized spacial score (nSPS) is 18.1. The third kappa shape index (κ3) is 5.45. The minimum atomic E-state index is -0.947. The van der Waals surface area contributed by atoms with Gasteiger partial charge in [0.25, 0.3) is 0 Å². The van der Waals surface area contributed by atoms with Crippen molar-refractivity contribution < 1.29 is 28.6 Å². The molecule has 0 radical (unpaired) electrons. The molecule has 1 aliphatic heterocycles. The lowest BCUT2D eigenvalue weighted by Crippen LogP contribution is -2.42. The summed E-state index contributed by atoms with van der Waals surface area (Å²) in [4.78, 5) is 44.0. The average molecular weight is 450 g/mol. The number of thiazole rings is 1. The van der Waals surface area contributed by atoms with Gasteiger partial charge in [-0.2, -0.15) is 0 Å². The molecule has 0 saturated carbocycles. The first-order valence-corrected chi connectivity index (χ1v) is 10.8. The lowest BCUT2D eigenvalue weighted by Gasteiger charge is -2.23. The van der Waals surface area contributed by atoms with Crippen LogP contribution in [-0.2, 0) is 32.1 Å². The fraction of sp³-hybridized carbons (Fsp3) is 0.429. The van der Waals surface area contributed by atoms with E-state index in [0.29, 0.717) is 17.4 Å². The van der Waals surface area contributed by atoms with Gasteiger partial charge in [-0.15, -0.1) is 11.3 Å². The maximum atomic E-state index is 13.9. The third-order valence-electron chi connectivity index (χ3n) is 5.00. The second-order valence-corrected chi connectivity index (χ2v) is 8.05. The van der Waals surface area contributed by atoms with Crippen molar-refractivity contribution in [2.75, 3.05) is 18.0 Å². The molecular weight excluding hydrogens is 425 g/mol. The summed E-state index contributed by atoms with van der Waals surface area (Å²) in [6, 6.07) is 4.98. The molecule has 0 bridgehead atoms. The van der Waals surface area contributed by atoms with E-state index >= 15 is 0 Å². The Morgan fingerprint density at radius 2 is 2.10 bits per heavy atom. The maximum Gasteiger partial charge on any atom is 0.329 e. The van der Waals surface area contributed by atoms with E-state index in [2.05, 4.69) is 4.98 Å². The predicted molar refractivity (Wildman–Crippen MR) is 112 cm³/mol. The molecule has 1 saturated heterocycles. The van der Waals surface area contributed by atoms with Gasteiger partial charge in [0.1, 0.15) is 18.5 Å². The maximum absolute atomic E-state index is 13.9. The number of nitrogens with zero attached hydrogens (tertiary/aromatic N) is 3. The lowest BCUT2D eigenvalue weighted by atomic mass is 10.1. The van der Waals surface area contributed by atoms with Crippen LogP contribution in [0.15, 0.2) is 29.6 Å². The van der Waals surface area contributed by atoms with Gasteiger partial charge in [-0.25, -0.2) is 14.2 Å². The van der Waals surface area contributed by atoms with Gasteiger partial charge in [-0.05, 0) is 18.6 Å². The molecule has 0 aliphatic carbocycles. The van der Waals surface area contributed by atoms with Crippen LogP contribution in [0, 0.1) is 5.82 Å². The molecule has 2 atom stereocenters. The Balaban J connectivity index is 1.62. The monoisotopic (exact) mass is 449 g/mol. The molecule has 1 fully saturated rings. The first-order valence-electron chi connectivity index (χ1n) is 9.90. The van der Waals surface area contributed by atoms with E-state index < -0.39 is 29.8 Å². The van der Waals surface area contributed by atoms with E-state index in [0.717, 1.165) is 0 Å². The summed E-state index contributed by atoms with van der Waals surface area (Å²) in [5.41, 5.74) is 0.706. The number of benzene rings is 1. The van der Waals surface area contributed by atoms with Gasteiger partial charge in [0.15, 0.2) is 5.13 Å². The van der Waals surface area contributed by atoms with Crippen molar-refractivity contribution in [1.29, 1.82) is 0 Å². The smallest absolute Gasteiger partial charge is 0.329 e. The number of ether oxygens (including phenoxy) is 1. The SMILES string of the molecule is CCN(C(C)=O)c1nc(COC(=O)C2CC(O)CN2C(=O)Cc2ccccc2F)cs1. The first-order chi connectivity index (χ1) is 14.8. The largest absolute Gasteiger partial charge is 0.458 e. The van der Waals surface area contributed by atoms with E-state index in [1.165, 1.54) is 46.3 Å². The van der Waals surface area contributed by atoms with E-state index in [9.17, 15) is 23.9 Å². The molecule has 2 unspecified atom stereocenters. The number of aromatic nitrogens is 1. The van der Waals surface area contributed by atoms with Crippen molar-refractivity contribution in [3.05, 3.63) is 46.7 Å². The van der Waals surface area contributed by atoms with Crippen molar-refractivity contribution >= 4 is 34.3 Å². The molecule has 2 amide bonds. The van der Waals surface area contributed by atoms with Crippen molar-refractivity contribution in [2.45, 2.75) is 45.4 Å². The summed E-state index contributed by atoms with van der Waals surface area (Å²) in [5, 5.41) is 12.2. The number of carbonyl (C=O) groups excluding carboxylic acids is 3. The summed E-state index contributed by atoms with van der Waals surface area (Å²) in [7, 11) is 0. The Labute approximate surface area is 183 Å². The number of carbonyl (C=O) groups is 3. The third-order valence-corrected chi connectivity index (χ3v) is 5.91. The fourth-order valence-corrected chi connectivity index (χ4v) is 4.36. The van der Waals surface area contributed by atoms with Crippen LogP contribution in [0.5, 0.6) is 0 Å². The molecule has 31 heavy (non-hydrogen) atoms. The minimum absolute atomic E-state index is 0.0159. The topological polar surface area (TPSA) is 100 Å². The zero-order valence-corrected chi connectivity index (χ0v) is 18.1. The predicted octanol–water partition coefficient (Wildman–Crippen LogP) is 1.90. The van der Waals surface area contributed by atoms with Gasteiger partial charge >= 0.3 is 5.97 Å². The fourth-order valence-electron chi connectivity index (χ4n) is 3.44. The van der Waals surface area contributed by atoms with Crippen LogP contribution in [0.4, 0.5) is 9.52 Å². The van der Waals surface area contributed by atoms with E-state index in [4.69, 9.17) is 4.74 Å². The molecule has 0 spiro atoms. The zero-order chi connectivity index (χ0) is 22.5. The highest BCUT2D eigenvalue weighted by molar-refractivity contribution is 7.14. The zero-order valence-electron chi connectivity index (χ0n) is 17.3. The highest BCUT2D eigenvalue weighted by atomic mass is 32.1. The van der Waals surface area contributed by atoms with Gasteiger partial charge < -0.3 is 14.7 Å². The first kappa shape index (κ1) is 22.8. The summed E-state index contributed by atoms with van der Waals surface area (Å²) in [5.74, 6) is -1.75. The van der Waals surface area contributed by atoms with Gasteiger partial charge in [0.2, 0.25) is 11.8 Å². The number of rotatable bonds is 7. The Morgan fingerprint density at radius 3 is 2.77 bits per heavy atom. The van der Waals surface area contributed by atoms with Crippen molar-refractivity contribution in [3.63, 3.8) is 0 Å². The van der Waals surface area contributed by atoms with E-state index in [1.54, 1.807) is 11.4 Å². The molecule has 2 aromatic rings. The number of aliphatic hydroxyl groups is 1. The number of aliphatic hydroxyl groups excluding tert-OH is 1.